The zero-order valence-electron chi connectivity index (χ0n) is 12.4. The van der Waals surface area contributed by atoms with Crippen molar-refractivity contribution in [2.24, 2.45) is 0 Å². The predicted octanol–water partition coefficient (Wildman–Crippen LogP) is 2.73. The fourth-order valence-electron chi connectivity index (χ4n) is 2.47. The third-order valence-corrected chi connectivity index (χ3v) is 4.58. The number of hydrogen-bond donors (Lipinski definition) is 1. The topological polar surface area (TPSA) is 49.8 Å². The maximum Gasteiger partial charge on any atom is 0.328 e. The highest BCUT2D eigenvalue weighted by Gasteiger charge is 2.18. The van der Waals surface area contributed by atoms with E-state index in [-0.39, 0.29) is 0 Å². The van der Waals surface area contributed by atoms with Crippen LogP contribution in [0.1, 0.15) is 18.1 Å². The zero-order valence-corrected chi connectivity index (χ0v) is 13.2. The van der Waals surface area contributed by atoms with E-state index < -0.39 is 5.97 Å². The highest BCUT2D eigenvalue weighted by Crippen LogP contribution is 2.25. The Kier molecular flexibility index (Phi) is 5.70. The number of carbonyl (C=O) groups is 1. The summed E-state index contributed by atoms with van der Waals surface area (Å²) in [7, 11) is 1.67. The van der Waals surface area contributed by atoms with Crippen LogP contribution in [0.2, 0.25) is 0 Å². The van der Waals surface area contributed by atoms with Crippen LogP contribution in [0.15, 0.2) is 24.3 Å². The molecular formula is C16H21NO3S. The molecule has 114 valence electrons. The number of benzene rings is 1. The predicted molar refractivity (Wildman–Crippen MR) is 86.9 cm³/mol. The first-order chi connectivity index (χ1) is 10.1. The van der Waals surface area contributed by atoms with Crippen LogP contribution in [0.3, 0.4) is 0 Å². The largest absolute Gasteiger partial charge is 0.496 e. The Labute approximate surface area is 129 Å². The van der Waals surface area contributed by atoms with Crippen molar-refractivity contribution in [2.75, 3.05) is 26.0 Å². The summed E-state index contributed by atoms with van der Waals surface area (Å²) in [5, 5.41) is 9.37. The van der Waals surface area contributed by atoms with E-state index in [0.29, 0.717) is 5.25 Å². The fraction of sp³-hybridized carbons (Fsp3) is 0.438. The third kappa shape index (κ3) is 4.79. The van der Waals surface area contributed by atoms with Gasteiger partial charge < -0.3 is 9.84 Å². The van der Waals surface area contributed by atoms with E-state index >= 15 is 0 Å². The molecule has 4 nitrogen and oxygen atoms in total. The molecular weight excluding hydrogens is 286 g/mol. The van der Waals surface area contributed by atoms with Gasteiger partial charge in [-0.15, -0.1) is 0 Å². The lowest BCUT2D eigenvalue weighted by atomic mass is 10.1. The van der Waals surface area contributed by atoms with Crippen LogP contribution in [0, 0.1) is 0 Å². The molecule has 0 aliphatic carbocycles. The molecule has 1 aromatic carbocycles. The minimum Gasteiger partial charge on any atom is -0.496 e. The van der Waals surface area contributed by atoms with Gasteiger partial charge >= 0.3 is 5.97 Å². The van der Waals surface area contributed by atoms with Gasteiger partial charge in [-0.1, -0.05) is 13.0 Å². The van der Waals surface area contributed by atoms with Gasteiger partial charge in [0.1, 0.15) is 5.75 Å². The van der Waals surface area contributed by atoms with E-state index in [1.165, 1.54) is 0 Å². The van der Waals surface area contributed by atoms with Gasteiger partial charge in [-0.3, -0.25) is 4.90 Å². The third-order valence-electron chi connectivity index (χ3n) is 3.44. The molecule has 21 heavy (non-hydrogen) atoms. The molecule has 1 aliphatic rings. The first-order valence-corrected chi connectivity index (χ1v) is 8.05. The summed E-state index contributed by atoms with van der Waals surface area (Å²) in [5.74, 6) is 1.07. The van der Waals surface area contributed by atoms with Crippen LogP contribution in [-0.4, -0.2) is 47.2 Å². The Bertz CT molecular complexity index is 530. The molecule has 0 amide bonds. The smallest absolute Gasteiger partial charge is 0.328 e. The molecule has 0 saturated carbocycles. The number of thioether (sulfide) groups is 1. The van der Waals surface area contributed by atoms with E-state index in [4.69, 9.17) is 9.84 Å². The van der Waals surface area contributed by atoms with Crippen LogP contribution in [0.4, 0.5) is 0 Å². The molecule has 0 spiro atoms. The van der Waals surface area contributed by atoms with Gasteiger partial charge in [0.05, 0.1) is 7.11 Å². The van der Waals surface area contributed by atoms with Gasteiger partial charge in [0.25, 0.3) is 0 Å². The number of nitrogens with zero attached hydrogens (tertiary/aromatic N) is 1. The average Bonchev–Trinajstić information content (AvgIpc) is 2.45. The first-order valence-electron chi connectivity index (χ1n) is 7.00. The fourth-order valence-corrected chi connectivity index (χ4v) is 3.55. The molecule has 5 heteroatoms. The van der Waals surface area contributed by atoms with Gasteiger partial charge in [-0.05, 0) is 23.8 Å². The summed E-state index contributed by atoms with van der Waals surface area (Å²) in [5.41, 5.74) is 1.98. The standard InChI is InChI=1S/C16H21NO3S/c1-12-10-17(7-8-21-12)11-14-9-13(4-6-16(18)19)3-5-15(14)20-2/h3-6,9,12H,7-8,10-11H2,1-2H3,(H,18,19)/b6-4+. The van der Waals surface area contributed by atoms with Crippen molar-refractivity contribution in [3.8, 4) is 5.75 Å². The summed E-state index contributed by atoms with van der Waals surface area (Å²) < 4.78 is 5.42. The minimum absolute atomic E-state index is 0.653. The lowest BCUT2D eigenvalue weighted by molar-refractivity contribution is -0.131. The normalized spacial score (nSPS) is 19.8. The van der Waals surface area contributed by atoms with E-state index in [2.05, 4.69) is 11.8 Å². The summed E-state index contributed by atoms with van der Waals surface area (Å²) in [6, 6.07) is 5.78. The Morgan fingerprint density at radius 3 is 3.05 bits per heavy atom. The van der Waals surface area contributed by atoms with E-state index in [9.17, 15) is 4.79 Å². The molecule has 0 radical (unpaired) electrons. The van der Waals surface area contributed by atoms with Crippen LogP contribution < -0.4 is 4.74 Å². The van der Waals surface area contributed by atoms with Crippen molar-refractivity contribution in [3.63, 3.8) is 0 Å². The lowest BCUT2D eigenvalue weighted by Gasteiger charge is -2.30. The maximum atomic E-state index is 10.6. The number of ether oxygens (including phenoxy) is 1. The summed E-state index contributed by atoms with van der Waals surface area (Å²) in [6.45, 7) is 5.24. The van der Waals surface area contributed by atoms with Crippen LogP contribution in [0.25, 0.3) is 6.08 Å². The SMILES string of the molecule is COc1ccc(/C=C/C(=O)O)cc1CN1CCSC(C)C1. The Morgan fingerprint density at radius 1 is 1.57 bits per heavy atom. The van der Waals surface area contributed by atoms with Crippen molar-refractivity contribution in [3.05, 3.63) is 35.4 Å². The lowest BCUT2D eigenvalue weighted by Crippen LogP contribution is -2.36. The molecule has 1 unspecified atom stereocenters. The van der Waals surface area contributed by atoms with Crippen LogP contribution in [0.5, 0.6) is 5.75 Å². The van der Waals surface area contributed by atoms with Gasteiger partial charge in [0.2, 0.25) is 0 Å². The number of aliphatic carboxylic acids is 1. The minimum atomic E-state index is -0.936. The average molecular weight is 307 g/mol. The Balaban J connectivity index is 2.15. The van der Waals surface area contributed by atoms with Crippen LogP contribution >= 0.6 is 11.8 Å². The molecule has 0 bridgehead atoms. The van der Waals surface area contributed by atoms with E-state index in [1.54, 1.807) is 13.2 Å². The van der Waals surface area contributed by atoms with E-state index in [0.717, 1.165) is 48.3 Å². The number of hydrogen-bond acceptors (Lipinski definition) is 4. The van der Waals surface area contributed by atoms with E-state index in [1.807, 2.05) is 30.0 Å². The molecule has 2 rings (SSSR count). The van der Waals surface area contributed by atoms with Crippen molar-refractivity contribution in [1.82, 2.24) is 4.90 Å². The molecule has 1 aliphatic heterocycles. The second-order valence-electron chi connectivity index (χ2n) is 5.16. The number of carboxylic acids is 1. The van der Waals surface area contributed by atoms with Crippen LogP contribution in [-0.2, 0) is 11.3 Å². The Morgan fingerprint density at radius 2 is 2.38 bits per heavy atom. The van der Waals surface area contributed by atoms with Crippen molar-refractivity contribution >= 4 is 23.8 Å². The van der Waals surface area contributed by atoms with Gasteiger partial charge in [0.15, 0.2) is 0 Å². The van der Waals surface area contributed by atoms with Crippen molar-refractivity contribution in [1.29, 1.82) is 0 Å². The summed E-state index contributed by atoms with van der Waals surface area (Å²) in [4.78, 5) is 13.0. The highest BCUT2D eigenvalue weighted by molar-refractivity contribution is 7.99. The monoisotopic (exact) mass is 307 g/mol. The summed E-state index contributed by atoms with van der Waals surface area (Å²) in [6.07, 6.45) is 2.77. The van der Waals surface area contributed by atoms with Gasteiger partial charge in [-0.25, -0.2) is 4.79 Å². The highest BCUT2D eigenvalue weighted by atomic mass is 32.2. The summed E-state index contributed by atoms with van der Waals surface area (Å²) >= 11 is 2.01. The number of methoxy groups -OCH3 is 1. The molecule has 1 atom stereocenters. The second-order valence-corrected chi connectivity index (χ2v) is 6.71. The molecule has 1 heterocycles. The Hall–Kier alpha value is -1.46. The molecule has 1 N–H and O–H groups in total. The maximum absolute atomic E-state index is 10.6. The van der Waals surface area contributed by atoms with Gasteiger partial charge in [-0.2, -0.15) is 11.8 Å². The first kappa shape index (κ1) is 15.9. The molecule has 0 aromatic heterocycles. The van der Waals surface area contributed by atoms with Crippen molar-refractivity contribution < 1.29 is 14.6 Å². The second kappa shape index (κ2) is 7.52. The zero-order chi connectivity index (χ0) is 15.2. The molecule has 1 aromatic rings. The molecule has 1 fully saturated rings. The number of rotatable bonds is 5. The quantitative estimate of drug-likeness (QED) is 0.848. The molecule has 1 saturated heterocycles. The number of carboxylic acid groups (broad SMARTS) is 1. The van der Waals surface area contributed by atoms with Crippen molar-refractivity contribution in [2.45, 2.75) is 18.7 Å². The van der Waals surface area contributed by atoms with Gasteiger partial charge in [0, 0.05) is 42.3 Å².